The summed E-state index contributed by atoms with van der Waals surface area (Å²) in [6.07, 6.45) is 2.87. The number of benzene rings is 2. The maximum absolute atomic E-state index is 12.8. The first-order valence-electron chi connectivity index (χ1n) is 8.39. The van der Waals surface area contributed by atoms with E-state index in [0.29, 0.717) is 10.8 Å². The number of hydrogen-bond donors (Lipinski definition) is 1. The van der Waals surface area contributed by atoms with Gasteiger partial charge in [0.25, 0.3) is 5.91 Å². The van der Waals surface area contributed by atoms with E-state index in [4.69, 9.17) is 16.3 Å². The van der Waals surface area contributed by atoms with Crippen LogP contribution in [0.4, 0.5) is 0 Å². The minimum atomic E-state index is -0.666. The lowest BCUT2D eigenvalue weighted by Crippen LogP contribution is -2.39. The van der Waals surface area contributed by atoms with Gasteiger partial charge in [0.15, 0.2) is 6.10 Å². The summed E-state index contributed by atoms with van der Waals surface area (Å²) in [5.41, 5.74) is 0.887. The molecule has 3 rings (SSSR count). The van der Waals surface area contributed by atoms with Gasteiger partial charge in [0.1, 0.15) is 17.6 Å². The van der Waals surface area contributed by atoms with Crippen LogP contribution in [0.25, 0.3) is 0 Å². The molecule has 27 heavy (non-hydrogen) atoms. The van der Waals surface area contributed by atoms with Crippen molar-refractivity contribution in [2.24, 2.45) is 7.05 Å². The molecule has 1 heterocycles. The molecular formula is C20H19BrClN3O2. The van der Waals surface area contributed by atoms with Crippen molar-refractivity contribution in [2.75, 3.05) is 0 Å². The van der Waals surface area contributed by atoms with E-state index in [2.05, 4.69) is 26.2 Å². The fourth-order valence-corrected chi connectivity index (χ4v) is 3.03. The smallest absolute Gasteiger partial charge is 0.261 e. The zero-order valence-electron chi connectivity index (χ0n) is 14.9. The molecule has 0 radical (unpaired) electrons. The Morgan fingerprint density at radius 1 is 1.19 bits per heavy atom. The molecule has 1 aromatic heterocycles. The number of aryl methyl sites for hydroxylation is 1. The number of rotatable bonds is 6. The predicted octanol–water partition coefficient (Wildman–Crippen LogP) is 4.51. The SMILES string of the molecule is C[C@@H](Oc1ccc(Br)cc1)C(=O)N[C@@H](c1ccc(Cl)cc1)c1nccn1C. The van der Waals surface area contributed by atoms with Crippen molar-refractivity contribution in [3.8, 4) is 5.75 Å². The van der Waals surface area contributed by atoms with E-state index in [0.717, 1.165) is 15.9 Å². The van der Waals surface area contributed by atoms with Crippen LogP contribution >= 0.6 is 27.5 Å². The molecule has 1 amide bonds. The number of carbonyl (C=O) groups excluding carboxylic acids is 1. The first-order chi connectivity index (χ1) is 12.9. The van der Waals surface area contributed by atoms with Crippen LogP contribution in [-0.2, 0) is 11.8 Å². The molecule has 0 aliphatic rings. The lowest BCUT2D eigenvalue weighted by molar-refractivity contribution is -0.127. The Hall–Kier alpha value is -2.31. The molecule has 3 aromatic rings. The third-order valence-corrected chi connectivity index (χ3v) is 4.88. The molecule has 0 aliphatic heterocycles. The molecule has 0 bridgehead atoms. The van der Waals surface area contributed by atoms with Crippen LogP contribution in [0, 0.1) is 0 Å². The standard InChI is InChI=1S/C20H19BrClN3O2/c1-13(27-17-9-5-15(21)6-10-17)20(26)24-18(19-23-11-12-25(19)2)14-3-7-16(22)8-4-14/h3-13,18H,1-2H3,(H,24,26)/t13-,18+/m1/s1. The monoisotopic (exact) mass is 447 g/mol. The van der Waals surface area contributed by atoms with Gasteiger partial charge in [-0.25, -0.2) is 4.98 Å². The highest BCUT2D eigenvalue weighted by atomic mass is 79.9. The Labute approximate surface area is 171 Å². The van der Waals surface area contributed by atoms with Gasteiger partial charge >= 0.3 is 0 Å². The number of carbonyl (C=O) groups is 1. The van der Waals surface area contributed by atoms with Gasteiger partial charge in [0, 0.05) is 28.9 Å². The summed E-state index contributed by atoms with van der Waals surface area (Å²) in [6.45, 7) is 1.72. The van der Waals surface area contributed by atoms with Gasteiger partial charge in [0.05, 0.1) is 0 Å². The van der Waals surface area contributed by atoms with Gasteiger partial charge < -0.3 is 14.6 Å². The van der Waals surface area contributed by atoms with Crippen LogP contribution in [0.15, 0.2) is 65.4 Å². The maximum Gasteiger partial charge on any atom is 0.261 e. The average molecular weight is 449 g/mol. The topological polar surface area (TPSA) is 56.1 Å². The van der Waals surface area contributed by atoms with Crippen LogP contribution in [0.3, 0.4) is 0 Å². The van der Waals surface area contributed by atoms with Gasteiger partial charge in [-0.2, -0.15) is 0 Å². The first kappa shape index (κ1) is 19.5. The zero-order valence-corrected chi connectivity index (χ0v) is 17.2. The number of amides is 1. The van der Waals surface area contributed by atoms with Gasteiger partial charge in [-0.1, -0.05) is 39.7 Å². The normalized spacial score (nSPS) is 13.0. The summed E-state index contributed by atoms with van der Waals surface area (Å²) in [4.78, 5) is 17.2. The second kappa shape index (κ2) is 8.59. The number of imidazole rings is 1. The van der Waals surface area contributed by atoms with Crippen molar-refractivity contribution in [3.63, 3.8) is 0 Å². The van der Waals surface area contributed by atoms with Crippen LogP contribution < -0.4 is 10.1 Å². The van der Waals surface area contributed by atoms with E-state index in [1.54, 1.807) is 25.3 Å². The molecule has 0 saturated heterocycles. The number of nitrogens with zero attached hydrogens (tertiary/aromatic N) is 2. The van der Waals surface area contributed by atoms with Crippen molar-refractivity contribution in [1.82, 2.24) is 14.9 Å². The summed E-state index contributed by atoms with van der Waals surface area (Å²) < 4.78 is 8.58. The molecule has 0 aliphatic carbocycles. The van der Waals surface area contributed by atoms with Crippen LogP contribution in [-0.4, -0.2) is 21.6 Å². The fraction of sp³-hybridized carbons (Fsp3) is 0.200. The molecule has 7 heteroatoms. The molecule has 0 fully saturated rings. The summed E-state index contributed by atoms with van der Waals surface area (Å²) in [5, 5.41) is 3.66. The van der Waals surface area contributed by atoms with E-state index >= 15 is 0 Å². The molecule has 0 unspecified atom stereocenters. The number of aromatic nitrogens is 2. The van der Waals surface area contributed by atoms with Crippen LogP contribution in [0.1, 0.15) is 24.4 Å². The fourth-order valence-electron chi connectivity index (χ4n) is 2.64. The van der Waals surface area contributed by atoms with Gasteiger partial charge in [0.2, 0.25) is 0 Å². The van der Waals surface area contributed by atoms with Gasteiger partial charge in [-0.15, -0.1) is 0 Å². The second-order valence-corrected chi connectivity index (χ2v) is 7.46. The molecule has 5 nitrogen and oxygen atoms in total. The summed E-state index contributed by atoms with van der Waals surface area (Å²) in [6, 6.07) is 14.3. The zero-order chi connectivity index (χ0) is 19.4. The molecule has 140 valence electrons. The third-order valence-electron chi connectivity index (χ3n) is 4.10. The summed E-state index contributed by atoms with van der Waals surface area (Å²) in [7, 11) is 1.89. The summed E-state index contributed by atoms with van der Waals surface area (Å²) >= 11 is 9.38. The summed E-state index contributed by atoms with van der Waals surface area (Å²) in [5.74, 6) is 1.11. The van der Waals surface area contributed by atoms with E-state index < -0.39 is 12.1 Å². The maximum atomic E-state index is 12.8. The largest absolute Gasteiger partial charge is 0.481 e. The van der Waals surface area contributed by atoms with E-state index in [1.807, 2.05) is 54.2 Å². The molecular weight excluding hydrogens is 430 g/mol. The van der Waals surface area contributed by atoms with E-state index in [-0.39, 0.29) is 5.91 Å². The molecule has 0 spiro atoms. The molecule has 0 saturated carbocycles. The van der Waals surface area contributed by atoms with Crippen molar-refractivity contribution < 1.29 is 9.53 Å². The minimum Gasteiger partial charge on any atom is -0.481 e. The Bertz CT molecular complexity index is 910. The molecule has 1 N–H and O–H groups in total. The molecule has 2 aromatic carbocycles. The van der Waals surface area contributed by atoms with Crippen molar-refractivity contribution in [1.29, 1.82) is 0 Å². The van der Waals surface area contributed by atoms with Crippen molar-refractivity contribution in [3.05, 3.63) is 81.8 Å². The van der Waals surface area contributed by atoms with Crippen molar-refractivity contribution >= 4 is 33.4 Å². The van der Waals surface area contributed by atoms with E-state index in [9.17, 15) is 4.79 Å². The predicted molar refractivity (Wildman–Crippen MR) is 109 cm³/mol. The third kappa shape index (κ3) is 4.90. The highest BCUT2D eigenvalue weighted by molar-refractivity contribution is 9.10. The number of nitrogens with one attached hydrogen (secondary N) is 1. The first-order valence-corrected chi connectivity index (χ1v) is 9.56. The van der Waals surface area contributed by atoms with Gasteiger partial charge in [-0.05, 0) is 48.9 Å². The lowest BCUT2D eigenvalue weighted by Gasteiger charge is -2.22. The average Bonchev–Trinajstić information content (AvgIpc) is 3.08. The number of hydrogen-bond acceptors (Lipinski definition) is 3. The Morgan fingerprint density at radius 2 is 1.85 bits per heavy atom. The second-order valence-electron chi connectivity index (χ2n) is 6.10. The molecule has 2 atom stereocenters. The van der Waals surface area contributed by atoms with Crippen LogP contribution in [0.2, 0.25) is 5.02 Å². The Kier molecular flexibility index (Phi) is 6.19. The Morgan fingerprint density at radius 3 is 2.44 bits per heavy atom. The van der Waals surface area contributed by atoms with Gasteiger partial charge in [-0.3, -0.25) is 4.79 Å². The highest BCUT2D eigenvalue weighted by Gasteiger charge is 2.24. The minimum absolute atomic E-state index is 0.235. The van der Waals surface area contributed by atoms with Crippen LogP contribution in [0.5, 0.6) is 5.75 Å². The number of ether oxygens (including phenoxy) is 1. The number of halogens is 2. The highest BCUT2D eigenvalue weighted by Crippen LogP contribution is 2.23. The lowest BCUT2D eigenvalue weighted by atomic mass is 10.1. The quantitative estimate of drug-likeness (QED) is 0.604. The Balaban J connectivity index is 1.78. The van der Waals surface area contributed by atoms with E-state index in [1.165, 1.54) is 0 Å². The van der Waals surface area contributed by atoms with Crippen molar-refractivity contribution in [2.45, 2.75) is 19.1 Å².